The Morgan fingerprint density at radius 1 is 1.10 bits per heavy atom. The number of phenols is 1. The van der Waals surface area contributed by atoms with Crippen molar-refractivity contribution in [2.24, 2.45) is 0 Å². The van der Waals surface area contributed by atoms with Crippen LogP contribution in [0.2, 0.25) is 0 Å². The van der Waals surface area contributed by atoms with Gasteiger partial charge < -0.3 is 14.6 Å². The number of hydrogen-bond acceptors (Lipinski definition) is 5. The van der Waals surface area contributed by atoms with E-state index in [0.717, 1.165) is 12.3 Å². The maximum Gasteiger partial charge on any atom is 0.433 e. The third-order valence-electron chi connectivity index (χ3n) is 2.32. The Balaban J connectivity index is 1.84. The van der Waals surface area contributed by atoms with E-state index in [1.807, 2.05) is 0 Å². The number of aromatic nitrogens is 2. The zero-order valence-electron chi connectivity index (χ0n) is 10.7. The predicted octanol–water partition coefficient (Wildman–Crippen LogP) is 2.66. The van der Waals surface area contributed by atoms with E-state index in [9.17, 15) is 18.3 Å². The van der Waals surface area contributed by atoms with Gasteiger partial charge in [0.25, 0.3) is 0 Å². The summed E-state index contributed by atoms with van der Waals surface area (Å²) in [6.45, 7) is 0.0417. The summed E-state index contributed by atoms with van der Waals surface area (Å²) in [6, 6.07) is 6.50. The normalized spacial score (nSPS) is 11.2. The van der Waals surface area contributed by atoms with E-state index in [1.54, 1.807) is 12.1 Å². The Labute approximate surface area is 118 Å². The fourth-order valence-electron chi connectivity index (χ4n) is 1.43. The molecule has 0 aliphatic rings. The number of phenolic OH excluding ortho intramolecular Hbond substituents is 1. The molecule has 2 aromatic rings. The van der Waals surface area contributed by atoms with E-state index in [-0.39, 0.29) is 25.0 Å². The molecular weight excluding hydrogens is 289 g/mol. The number of benzene rings is 1. The average molecular weight is 300 g/mol. The quantitative estimate of drug-likeness (QED) is 0.860. The maximum atomic E-state index is 12.4. The van der Waals surface area contributed by atoms with Crippen LogP contribution in [0.15, 0.2) is 36.5 Å². The van der Waals surface area contributed by atoms with Crippen molar-refractivity contribution in [1.29, 1.82) is 0 Å². The van der Waals surface area contributed by atoms with E-state index < -0.39 is 11.9 Å². The Morgan fingerprint density at radius 3 is 2.57 bits per heavy atom. The first-order valence-electron chi connectivity index (χ1n) is 5.90. The summed E-state index contributed by atoms with van der Waals surface area (Å²) in [7, 11) is 0. The number of nitrogens with zero attached hydrogens (tertiary/aromatic N) is 2. The third kappa shape index (κ3) is 4.51. The number of alkyl halides is 3. The van der Waals surface area contributed by atoms with Gasteiger partial charge in [-0.15, -0.1) is 0 Å². The van der Waals surface area contributed by atoms with E-state index in [0.29, 0.717) is 5.75 Å². The highest BCUT2D eigenvalue weighted by Gasteiger charge is 2.32. The molecule has 21 heavy (non-hydrogen) atoms. The Hall–Kier alpha value is -2.51. The first-order valence-corrected chi connectivity index (χ1v) is 5.90. The van der Waals surface area contributed by atoms with Crippen LogP contribution < -0.4 is 9.47 Å². The summed E-state index contributed by atoms with van der Waals surface area (Å²) in [5, 5.41) is 9.22. The van der Waals surface area contributed by atoms with Crippen molar-refractivity contribution in [3.63, 3.8) is 0 Å². The predicted molar refractivity (Wildman–Crippen MR) is 66.1 cm³/mol. The van der Waals surface area contributed by atoms with Gasteiger partial charge in [0.2, 0.25) is 0 Å². The Kier molecular flexibility index (Phi) is 4.46. The van der Waals surface area contributed by atoms with Gasteiger partial charge in [0.1, 0.15) is 24.7 Å². The average Bonchev–Trinajstić information content (AvgIpc) is 2.43. The molecule has 2 rings (SSSR count). The van der Waals surface area contributed by atoms with Crippen LogP contribution in [-0.4, -0.2) is 28.3 Å². The number of ether oxygens (including phenoxy) is 2. The summed E-state index contributed by atoms with van der Waals surface area (Å²) < 4.78 is 47.5. The van der Waals surface area contributed by atoms with Crippen LogP contribution in [0.1, 0.15) is 5.69 Å². The lowest BCUT2D eigenvalue weighted by atomic mass is 10.3. The second kappa shape index (κ2) is 6.29. The highest BCUT2D eigenvalue weighted by atomic mass is 19.4. The van der Waals surface area contributed by atoms with Gasteiger partial charge >= 0.3 is 12.2 Å². The van der Waals surface area contributed by atoms with Crippen molar-refractivity contribution in [2.45, 2.75) is 6.18 Å². The van der Waals surface area contributed by atoms with Crippen LogP contribution in [0.25, 0.3) is 0 Å². The highest BCUT2D eigenvalue weighted by Crippen LogP contribution is 2.27. The summed E-state index contributed by atoms with van der Waals surface area (Å²) >= 11 is 0. The van der Waals surface area contributed by atoms with Crippen LogP contribution in [0, 0.1) is 0 Å². The van der Waals surface area contributed by atoms with Gasteiger partial charge in [-0.2, -0.15) is 18.2 Å². The molecule has 0 bridgehead atoms. The standard InChI is InChI=1S/C13H11F3N2O3/c14-13(15,16)11-4-5-17-12(18-11)21-7-6-20-10-3-1-2-9(19)8-10/h1-5,8,19H,6-7H2. The minimum absolute atomic E-state index is 0.0308. The third-order valence-corrected chi connectivity index (χ3v) is 2.32. The number of aromatic hydroxyl groups is 1. The van der Waals surface area contributed by atoms with Gasteiger partial charge in [-0.1, -0.05) is 6.07 Å². The molecule has 0 aliphatic carbocycles. The smallest absolute Gasteiger partial charge is 0.433 e. The molecule has 0 atom stereocenters. The molecule has 0 amide bonds. The lowest BCUT2D eigenvalue weighted by Gasteiger charge is -2.09. The largest absolute Gasteiger partial charge is 0.508 e. The summed E-state index contributed by atoms with van der Waals surface area (Å²) in [4.78, 5) is 6.83. The molecule has 8 heteroatoms. The second-order valence-corrected chi connectivity index (χ2v) is 3.92. The molecule has 1 N–H and O–H groups in total. The molecule has 0 radical (unpaired) electrons. The zero-order chi connectivity index (χ0) is 15.3. The van der Waals surface area contributed by atoms with E-state index >= 15 is 0 Å². The maximum absolute atomic E-state index is 12.4. The zero-order valence-corrected chi connectivity index (χ0v) is 10.7. The van der Waals surface area contributed by atoms with Crippen molar-refractivity contribution in [3.05, 3.63) is 42.2 Å². The van der Waals surface area contributed by atoms with Gasteiger partial charge in [0, 0.05) is 12.3 Å². The van der Waals surface area contributed by atoms with Crippen molar-refractivity contribution in [2.75, 3.05) is 13.2 Å². The molecule has 0 aliphatic heterocycles. The van der Waals surface area contributed by atoms with Crippen molar-refractivity contribution >= 4 is 0 Å². The first-order chi connectivity index (χ1) is 9.95. The topological polar surface area (TPSA) is 64.5 Å². The van der Waals surface area contributed by atoms with Gasteiger partial charge in [0.15, 0.2) is 5.69 Å². The van der Waals surface area contributed by atoms with E-state index in [2.05, 4.69) is 9.97 Å². The molecular formula is C13H11F3N2O3. The number of halogens is 3. The molecule has 5 nitrogen and oxygen atoms in total. The van der Waals surface area contributed by atoms with Crippen molar-refractivity contribution in [1.82, 2.24) is 9.97 Å². The first kappa shape index (κ1) is 14.9. The molecule has 0 saturated carbocycles. The fraction of sp³-hybridized carbons (Fsp3) is 0.231. The molecule has 1 heterocycles. The Bertz CT molecular complexity index is 605. The molecule has 1 aromatic carbocycles. The van der Waals surface area contributed by atoms with Gasteiger partial charge in [-0.3, -0.25) is 0 Å². The molecule has 0 unspecified atom stereocenters. The van der Waals surface area contributed by atoms with Gasteiger partial charge in [-0.05, 0) is 18.2 Å². The SMILES string of the molecule is Oc1cccc(OCCOc2nccc(C(F)(F)F)n2)c1. The van der Waals surface area contributed by atoms with Gasteiger partial charge in [0.05, 0.1) is 0 Å². The number of rotatable bonds is 5. The molecule has 112 valence electrons. The lowest BCUT2D eigenvalue weighted by molar-refractivity contribution is -0.141. The monoisotopic (exact) mass is 300 g/mol. The Morgan fingerprint density at radius 2 is 1.86 bits per heavy atom. The van der Waals surface area contributed by atoms with Crippen molar-refractivity contribution < 1.29 is 27.8 Å². The fourth-order valence-corrected chi connectivity index (χ4v) is 1.43. The highest BCUT2D eigenvalue weighted by molar-refractivity contribution is 5.31. The molecule has 0 fully saturated rings. The molecule has 1 aromatic heterocycles. The van der Waals surface area contributed by atoms with E-state index in [4.69, 9.17) is 9.47 Å². The van der Waals surface area contributed by atoms with Crippen LogP contribution in [0.3, 0.4) is 0 Å². The minimum Gasteiger partial charge on any atom is -0.508 e. The van der Waals surface area contributed by atoms with Crippen LogP contribution in [0.5, 0.6) is 17.5 Å². The second-order valence-electron chi connectivity index (χ2n) is 3.92. The summed E-state index contributed by atoms with van der Waals surface area (Å²) in [5.41, 5.74) is -1.07. The molecule has 0 saturated heterocycles. The summed E-state index contributed by atoms with van der Waals surface area (Å²) in [6.07, 6.45) is -3.57. The summed E-state index contributed by atoms with van der Waals surface area (Å²) in [5.74, 6) is 0.471. The van der Waals surface area contributed by atoms with Crippen LogP contribution in [0.4, 0.5) is 13.2 Å². The van der Waals surface area contributed by atoms with Crippen molar-refractivity contribution in [3.8, 4) is 17.5 Å². The number of hydrogen-bond donors (Lipinski definition) is 1. The lowest BCUT2D eigenvalue weighted by Crippen LogP contribution is -2.13. The van der Waals surface area contributed by atoms with Crippen LogP contribution in [-0.2, 0) is 6.18 Å². The van der Waals surface area contributed by atoms with Gasteiger partial charge in [-0.25, -0.2) is 4.98 Å². The van der Waals surface area contributed by atoms with Crippen LogP contribution >= 0.6 is 0 Å². The van der Waals surface area contributed by atoms with E-state index in [1.165, 1.54) is 12.1 Å². The molecule has 0 spiro atoms. The minimum atomic E-state index is -4.54.